The number of aromatic nitrogens is 3. The molecule has 1 aliphatic heterocycles. The Labute approximate surface area is 235 Å². The first-order valence-electron chi connectivity index (χ1n) is 14.3. The molecule has 2 aliphatic rings. The van der Waals surface area contributed by atoms with Gasteiger partial charge in [-0.2, -0.15) is 0 Å². The van der Waals surface area contributed by atoms with Gasteiger partial charge in [0.2, 0.25) is 0 Å². The molecule has 0 radical (unpaired) electrons. The number of fused-ring (bicyclic) bond motifs is 1. The van der Waals surface area contributed by atoms with Crippen molar-refractivity contribution >= 4 is 22.6 Å². The Balaban J connectivity index is 1.14. The van der Waals surface area contributed by atoms with Crippen molar-refractivity contribution in [2.75, 3.05) is 39.0 Å². The second-order valence-electron chi connectivity index (χ2n) is 11.6. The number of rotatable bonds is 8. The second-order valence-corrected chi connectivity index (χ2v) is 11.6. The third-order valence-electron chi connectivity index (χ3n) is 8.48. The normalized spacial score (nSPS) is 16.4. The van der Waals surface area contributed by atoms with Gasteiger partial charge in [0.25, 0.3) is 11.5 Å². The lowest BCUT2D eigenvalue weighted by Gasteiger charge is -2.32. The highest BCUT2D eigenvalue weighted by Gasteiger charge is 2.23. The van der Waals surface area contributed by atoms with Crippen LogP contribution in [0, 0.1) is 5.92 Å². The first-order chi connectivity index (χ1) is 19.4. The Morgan fingerprint density at radius 1 is 1.02 bits per heavy atom. The van der Waals surface area contributed by atoms with Gasteiger partial charge in [-0.15, -0.1) is 0 Å². The van der Waals surface area contributed by atoms with E-state index in [-0.39, 0.29) is 11.5 Å². The second kappa shape index (κ2) is 10.9. The lowest BCUT2D eigenvalue weighted by molar-refractivity contribution is 0.0827. The first-order valence-corrected chi connectivity index (χ1v) is 14.3. The summed E-state index contributed by atoms with van der Waals surface area (Å²) in [6.07, 6.45) is 8.39. The van der Waals surface area contributed by atoms with Crippen LogP contribution in [0.25, 0.3) is 16.7 Å². The van der Waals surface area contributed by atoms with Crippen LogP contribution in [0.5, 0.6) is 0 Å². The molecule has 0 spiro atoms. The Morgan fingerprint density at radius 3 is 2.45 bits per heavy atom. The molecule has 8 nitrogen and oxygen atoms in total. The van der Waals surface area contributed by atoms with E-state index in [1.807, 2.05) is 30.5 Å². The van der Waals surface area contributed by atoms with Crippen molar-refractivity contribution in [2.45, 2.75) is 38.1 Å². The van der Waals surface area contributed by atoms with Crippen molar-refractivity contribution in [3.63, 3.8) is 0 Å². The molecule has 40 heavy (non-hydrogen) atoms. The summed E-state index contributed by atoms with van der Waals surface area (Å²) in [6, 6.07) is 15.9. The van der Waals surface area contributed by atoms with Gasteiger partial charge in [-0.05, 0) is 86.5 Å². The molecule has 1 amide bonds. The van der Waals surface area contributed by atoms with Crippen LogP contribution >= 0.6 is 0 Å². The Bertz CT molecular complexity index is 1570. The van der Waals surface area contributed by atoms with Crippen molar-refractivity contribution in [3.05, 3.63) is 88.1 Å². The van der Waals surface area contributed by atoms with Gasteiger partial charge in [0.05, 0.1) is 5.69 Å². The number of pyridine rings is 2. The molecule has 0 bridgehead atoms. The largest absolute Gasteiger partial charge is 0.385 e. The fourth-order valence-corrected chi connectivity index (χ4v) is 5.80. The number of hydrogen-bond acceptors (Lipinski definition) is 5. The quantitative estimate of drug-likeness (QED) is 0.354. The van der Waals surface area contributed by atoms with Gasteiger partial charge < -0.3 is 14.8 Å². The summed E-state index contributed by atoms with van der Waals surface area (Å²) in [6.45, 7) is 3.81. The molecule has 8 heteroatoms. The summed E-state index contributed by atoms with van der Waals surface area (Å²) in [7, 11) is 5.62. The molecular weight excluding hydrogens is 500 g/mol. The minimum atomic E-state index is -0.0418. The number of hydrogen-bond donors (Lipinski definition) is 1. The minimum Gasteiger partial charge on any atom is -0.385 e. The van der Waals surface area contributed by atoms with Crippen LogP contribution in [-0.2, 0) is 13.6 Å². The van der Waals surface area contributed by atoms with Crippen LogP contribution in [0.4, 0.5) is 5.69 Å². The van der Waals surface area contributed by atoms with E-state index >= 15 is 0 Å². The van der Waals surface area contributed by atoms with E-state index < -0.39 is 0 Å². The van der Waals surface area contributed by atoms with E-state index in [4.69, 9.17) is 0 Å². The van der Waals surface area contributed by atoms with E-state index in [9.17, 15) is 9.59 Å². The highest BCUT2D eigenvalue weighted by Crippen LogP contribution is 2.31. The van der Waals surface area contributed by atoms with Crippen LogP contribution in [0.1, 0.15) is 53.2 Å². The van der Waals surface area contributed by atoms with Gasteiger partial charge in [-0.25, -0.2) is 4.98 Å². The SMILES string of the molecule is CN(C)C(=O)c1ccc(C2CCN(Cc3cc4c(-n5ccc(NCC6CC6)cc5=O)ccnc4n3C)CC2)cc1. The van der Waals surface area contributed by atoms with Crippen LogP contribution < -0.4 is 10.9 Å². The zero-order chi connectivity index (χ0) is 27.8. The predicted molar refractivity (Wildman–Crippen MR) is 159 cm³/mol. The fraction of sp³-hybridized carbons (Fsp3) is 0.406. The van der Waals surface area contributed by atoms with Crippen LogP contribution in [0.3, 0.4) is 0 Å². The number of likely N-dealkylation sites (tertiary alicyclic amines) is 1. The fourth-order valence-electron chi connectivity index (χ4n) is 5.80. The molecule has 2 fully saturated rings. The van der Waals surface area contributed by atoms with Crippen molar-refractivity contribution in [3.8, 4) is 5.69 Å². The molecule has 1 saturated carbocycles. The summed E-state index contributed by atoms with van der Waals surface area (Å²) in [5, 5.41) is 4.38. The van der Waals surface area contributed by atoms with Gasteiger partial charge in [0.1, 0.15) is 5.65 Å². The number of benzene rings is 1. The molecule has 0 atom stereocenters. The maximum absolute atomic E-state index is 13.1. The third kappa shape index (κ3) is 5.41. The lowest BCUT2D eigenvalue weighted by atomic mass is 9.89. The molecule has 6 rings (SSSR count). The number of nitrogens with zero attached hydrogens (tertiary/aromatic N) is 5. The van der Waals surface area contributed by atoms with Crippen LogP contribution in [0.15, 0.2) is 65.7 Å². The van der Waals surface area contributed by atoms with Crippen LogP contribution in [0.2, 0.25) is 0 Å². The lowest BCUT2D eigenvalue weighted by Crippen LogP contribution is -2.33. The van der Waals surface area contributed by atoms with E-state index in [2.05, 4.69) is 45.0 Å². The number of carbonyl (C=O) groups is 1. The Hall–Kier alpha value is -3.91. The van der Waals surface area contributed by atoms with E-state index in [0.717, 1.165) is 72.9 Å². The molecule has 0 unspecified atom stereocenters. The summed E-state index contributed by atoms with van der Waals surface area (Å²) in [5.41, 5.74) is 5.83. The number of amides is 1. The number of anilines is 1. The Kier molecular flexibility index (Phi) is 7.19. The summed E-state index contributed by atoms with van der Waals surface area (Å²) >= 11 is 0. The van der Waals surface area contributed by atoms with Gasteiger partial charge >= 0.3 is 0 Å². The smallest absolute Gasteiger partial charge is 0.257 e. The number of nitrogens with one attached hydrogen (secondary N) is 1. The summed E-state index contributed by atoms with van der Waals surface area (Å²) < 4.78 is 3.88. The summed E-state index contributed by atoms with van der Waals surface area (Å²) in [5.74, 6) is 1.30. The maximum atomic E-state index is 13.1. The Morgan fingerprint density at radius 2 is 1.77 bits per heavy atom. The minimum absolute atomic E-state index is 0.0386. The highest BCUT2D eigenvalue weighted by molar-refractivity contribution is 5.93. The van der Waals surface area contributed by atoms with Crippen molar-refractivity contribution in [1.29, 1.82) is 0 Å². The van der Waals surface area contributed by atoms with E-state index in [1.54, 1.807) is 35.8 Å². The molecule has 1 N–H and O–H groups in total. The maximum Gasteiger partial charge on any atom is 0.257 e. The molecule has 1 aliphatic carbocycles. The molecule has 4 heterocycles. The topological polar surface area (TPSA) is 75.4 Å². The third-order valence-corrected chi connectivity index (χ3v) is 8.48. The van der Waals surface area contributed by atoms with Gasteiger partial charge in [-0.1, -0.05) is 12.1 Å². The van der Waals surface area contributed by atoms with Gasteiger partial charge in [-0.3, -0.25) is 19.1 Å². The zero-order valence-corrected chi connectivity index (χ0v) is 23.6. The molecular formula is C32H38N6O2. The molecule has 4 aromatic rings. The average Bonchev–Trinajstić information content (AvgIpc) is 3.75. The van der Waals surface area contributed by atoms with Gasteiger partial charge in [0, 0.05) is 75.0 Å². The molecule has 208 valence electrons. The first kappa shape index (κ1) is 26.3. The highest BCUT2D eigenvalue weighted by atomic mass is 16.2. The van der Waals surface area contributed by atoms with Crippen molar-refractivity contribution in [2.24, 2.45) is 13.0 Å². The molecule has 1 saturated heterocycles. The standard InChI is InChI=1S/C32H38N6O2/c1-35(2)32(40)25-8-6-23(7-9-25)24-11-15-37(16-12-24)21-27-19-28-29(10-14-33-31(28)36(27)3)38-17-13-26(18-30(38)39)34-20-22-4-5-22/h6-10,13-14,17-19,22,24,34H,4-5,11-12,15-16,20-21H2,1-3H3. The average molecular weight is 539 g/mol. The van der Waals surface area contributed by atoms with E-state index in [0.29, 0.717) is 5.92 Å². The predicted octanol–water partition coefficient (Wildman–Crippen LogP) is 4.63. The monoisotopic (exact) mass is 538 g/mol. The number of piperidine rings is 1. The molecule has 1 aromatic carbocycles. The van der Waals surface area contributed by atoms with Crippen LogP contribution in [-0.4, -0.2) is 63.6 Å². The van der Waals surface area contributed by atoms with E-state index in [1.165, 1.54) is 24.1 Å². The van der Waals surface area contributed by atoms with Crippen molar-refractivity contribution in [1.82, 2.24) is 23.9 Å². The zero-order valence-electron chi connectivity index (χ0n) is 23.6. The summed E-state index contributed by atoms with van der Waals surface area (Å²) in [4.78, 5) is 34.0. The van der Waals surface area contributed by atoms with Gasteiger partial charge in [0.15, 0.2) is 0 Å². The number of aryl methyl sites for hydroxylation is 1. The number of carbonyl (C=O) groups excluding carboxylic acids is 1. The molecule has 3 aromatic heterocycles. The van der Waals surface area contributed by atoms with Crippen molar-refractivity contribution < 1.29 is 4.79 Å².